The molecule has 152 valence electrons. The number of hydrogen-bond acceptors (Lipinski definition) is 5. The summed E-state index contributed by atoms with van der Waals surface area (Å²) < 4.78 is 1.75. The zero-order valence-corrected chi connectivity index (χ0v) is 17.4. The molecule has 3 aromatic rings. The Balaban J connectivity index is 1.52. The summed E-state index contributed by atoms with van der Waals surface area (Å²) in [6.45, 7) is 3.77. The van der Waals surface area contributed by atoms with Crippen molar-refractivity contribution in [3.8, 4) is 5.69 Å². The number of likely N-dealkylation sites (tertiary alicyclic amines) is 1. The van der Waals surface area contributed by atoms with Crippen molar-refractivity contribution < 1.29 is 4.79 Å². The van der Waals surface area contributed by atoms with Crippen molar-refractivity contribution in [3.05, 3.63) is 48.0 Å². The highest BCUT2D eigenvalue weighted by atomic mass is 16.2. The summed E-state index contributed by atoms with van der Waals surface area (Å²) in [6.07, 6.45) is 8.34. The molecule has 0 aliphatic carbocycles. The van der Waals surface area contributed by atoms with E-state index in [9.17, 15) is 4.79 Å². The lowest BCUT2D eigenvalue weighted by Crippen LogP contribution is -2.39. The lowest BCUT2D eigenvalue weighted by Gasteiger charge is -2.33. The van der Waals surface area contributed by atoms with E-state index < -0.39 is 0 Å². The normalized spacial score (nSPS) is 17.6. The van der Waals surface area contributed by atoms with E-state index in [4.69, 9.17) is 0 Å². The van der Waals surface area contributed by atoms with Crippen LogP contribution in [0.25, 0.3) is 16.5 Å². The summed E-state index contributed by atoms with van der Waals surface area (Å²) in [7, 11) is 4.04. The lowest BCUT2D eigenvalue weighted by atomic mass is 10.00. The summed E-state index contributed by atoms with van der Waals surface area (Å²) in [5.41, 5.74) is 2.07. The van der Waals surface area contributed by atoms with Gasteiger partial charge in [-0.15, -0.1) is 5.10 Å². The monoisotopic (exact) mass is 392 g/mol. The fourth-order valence-electron chi connectivity index (χ4n) is 4.18. The first kappa shape index (κ1) is 19.5. The molecule has 1 fully saturated rings. The standard InChI is InChI=1S/C22H28N6O/c1-16-21(22(29)27(3)14-11-18-8-4-5-13-26(18)2)24-25-28(16)20-9-6-7-17-15-23-12-10-19(17)20/h6-7,9-10,12,15,18H,4-5,8,11,13-14H2,1-3H3/t18-/m0/s1. The molecule has 0 N–H and O–H groups in total. The molecule has 3 heterocycles. The van der Waals surface area contributed by atoms with Crippen LogP contribution in [0.4, 0.5) is 0 Å². The van der Waals surface area contributed by atoms with Crippen LogP contribution in [0.5, 0.6) is 0 Å². The first-order valence-corrected chi connectivity index (χ1v) is 10.3. The van der Waals surface area contributed by atoms with Gasteiger partial charge >= 0.3 is 0 Å². The van der Waals surface area contributed by atoms with Crippen molar-refractivity contribution in [2.24, 2.45) is 0 Å². The summed E-state index contributed by atoms with van der Waals surface area (Å²) in [5, 5.41) is 10.6. The van der Waals surface area contributed by atoms with E-state index in [0.717, 1.165) is 41.7 Å². The predicted octanol–water partition coefficient (Wildman–Crippen LogP) is 3.07. The van der Waals surface area contributed by atoms with E-state index in [0.29, 0.717) is 11.7 Å². The van der Waals surface area contributed by atoms with Gasteiger partial charge in [-0.05, 0) is 51.9 Å². The number of carbonyl (C=O) groups excluding carboxylic acids is 1. The van der Waals surface area contributed by atoms with Gasteiger partial charge in [0.15, 0.2) is 5.69 Å². The maximum Gasteiger partial charge on any atom is 0.276 e. The van der Waals surface area contributed by atoms with E-state index in [2.05, 4.69) is 27.2 Å². The maximum absolute atomic E-state index is 13.0. The van der Waals surface area contributed by atoms with Gasteiger partial charge < -0.3 is 9.80 Å². The minimum absolute atomic E-state index is 0.0749. The van der Waals surface area contributed by atoms with Crippen LogP contribution in [-0.2, 0) is 0 Å². The van der Waals surface area contributed by atoms with Gasteiger partial charge in [-0.2, -0.15) is 0 Å². The second-order valence-corrected chi connectivity index (χ2v) is 7.95. The van der Waals surface area contributed by atoms with E-state index in [-0.39, 0.29) is 5.91 Å². The van der Waals surface area contributed by atoms with Crippen molar-refractivity contribution >= 4 is 16.7 Å². The van der Waals surface area contributed by atoms with Gasteiger partial charge in [-0.25, -0.2) is 4.68 Å². The molecule has 29 heavy (non-hydrogen) atoms. The fraction of sp³-hybridized carbons (Fsp3) is 0.455. The molecule has 7 heteroatoms. The molecule has 0 spiro atoms. The van der Waals surface area contributed by atoms with Crippen LogP contribution in [0.15, 0.2) is 36.7 Å². The minimum Gasteiger partial charge on any atom is -0.340 e. The van der Waals surface area contributed by atoms with Crippen molar-refractivity contribution in [1.29, 1.82) is 0 Å². The van der Waals surface area contributed by atoms with Gasteiger partial charge in [0, 0.05) is 42.8 Å². The molecule has 1 amide bonds. The highest BCUT2D eigenvalue weighted by Gasteiger charge is 2.24. The predicted molar refractivity (Wildman–Crippen MR) is 113 cm³/mol. The van der Waals surface area contributed by atoms with E-state index in [1.807, 2.05) is 44.4 Å². The highest BCUT2D eigenvalue weighted by Crippen LogP contribution is 2.23. The third-order valence-corrected chi connectivity index (χ3v) is 6.05. The summed E-state index contributed by atoms with van der Waals surface area (Å²) in [5.74, 6) is -0.0749. The molecule has 1 aliphatic heterocycles. The van der Waals surface area contributed by atoms with Crippen LogP contribution in [0.2, 0.25) is 0 Å². The maximum atomic E-state index is 13.0. The number of fused-ring (bicyclic) bond motifs is 1. The SMILES string of the molecule is Cc1c(C(=O)N(C)CC[C@@H]2CCCCN2C)nnn1-c1cccc2cnccc12. The molecule has 0 saturated carbocycles. The molecular weight excluding hydrogens is 364 g/mol. The average Bonchev–Trinajstić information content (AvgIpc) is 3.13. The summed E-state index contributed by atoms with van der Waals surface area (Å²) >= 11 is 0. The number of amides is 1. The molecule has 1 aromatic carbocycles. The number of aromatic nitrogens is 4. The minimum atomic E-state index is -0.0749. The molecular formula is C22H28N6O. The Labute approximate surface area is 171 Å². The molecule has 0 unspecified atom stereocenters. The smallest absolute Gasteiger partial charge is 0.276 e. The molecule has 1 saturated heterocycles. The second kappa shape index (κ2) is 8.29. The Morgan fingerprint density at radius 1 is 1.28 bits per heavy atom. The second-order valence-electron chi connectivity index (χ2n) is 7.95. The van der Waals surface area contributed by atoms with Gasteiger partial charge in [0.05, 0.1) is 11.4 Å². The van der Waals surface area contributed by atoms with E-state index in [1.165, 1.54) is 19.3 Å². The summed E-state index contributed by atoms with van der Waals surface area (Å²) in [4.78, 5) is 21.4. The number of pyridine rings is 1. The Morgan fingerprint density at radius 3 is 2.97 bits per heavy atom. The molecule has 4 rings (SSSR count). The van der Waals surface area contributed by atoms with Crippen LogP contribution in [0.3, 0.4) is 0 Å². The zero-order chi connectivity index (χ0) is 20.4. The van der Waals surface area contributed by atoms with Gasteiger partial charge in [-0.3, -0.25) is 9.78 Å². The molecule has 1 atom stereocenters. The van der Waals surface area contributed by atoms with Gasteiger partial charge in [0.25, 0.3) is 5.91 Å². The zero-order valence-electron chi connectivity index (χ0n) is 17.4. The Bertz CT molecular complexity index is 1010. The first-order valence-electron chi connectivity index (χ1n) is 10.3. The van der Waals surface area contributed by atoms with Crippen LogP contribution in [0, 0.1) is 6.92 Å². The average molecular weight is 393 g/mol. The van der Waals surface area contributed by atoms with Gasteiger partial charge in [0.1, 0.15) is 0 Å². The third kappa shape index (κ3) is 3.87. The summed E-state index contributed by atoms with van der Waals surface area (Å²) in [6, 6.07) is 8.48. The number of nitrogens with zero attached hydrogens (tertiary/aromatic N) is 6. The number of benzene rings is 1. The van der Waals surface area contributed by atoms with E-state index in [1.54, 1.807) is 15.8 Å². The molecule has 0 bridgehead atoms. The van der Waals surface area contributed by atoms with Crippen LogP contribution >= 0.6 is 0 Å². The molecule has 2 aromatic heterocycles. The Morgan fingerprint density at radius 2 is 2.14 bits per heavy atom. The molecule has 0 radical (unpaired) electrons. The topological polar surface area (TPSA) is 67.2 Å². The Kier molecular flexibility index (Phi) is 5.58. The first-order chi connectivity index (χ1) is 14.1. The third-order valence-electron chi connectivity index (χ3n) is 6.05. The van der Waals surface area contributed by atoms with Crippen molar-refractivity contribution in [1.82, 2.24) is 29.8 Å². The van der Waals surface area contributed by atoms with Crippen molar-refractivity contribution in [2.75, 3.05) is 27.2 Å². The highest BCUT2D eigenvalue weighted by molar-refractivity contribution is 5.94. The quantitative estimate of drug-likeness (QED) is 0.668. The molecule has 7 nitrogen and oxygen atoms in total. The number of rotatable bonds is 5. The van der Waals surface area contributed by atoms with Crippen LogP contribution < -0.4 is 0 Å². The van der Waals surface area contributed by atoms with Crippen LogP contribution in [-0.4, -0.2) is 68.9 Å². The largest absolute Gasteiger partial charge is 0.340 e. The van der Waals surface area contributed by atoms with Crippen molar-refractivity contribution in [2.45, 2.75) is 38.6 Å². The Hall–Kier alpha value is -2.80. The van der Waals surface area contributed by atoms with Gasteiger partial charge in [-0.1, -0.05) is 23.8 Å². The van der Waals surface area contributed by atoms with Crippen LogP contribution in [0.1, 0.15) is 41.9 Å². The number of carbonyl (C=O) groups is 1. The number of hydrogen-bond donors (Lipinski definition) is 0. The van der Waals surface area contributed by atoms with Crippen molar-refractivity contribution in [3.63, 3.8) is 0 Å². The van der Waals surface area contributed by atoms with Gasteiger partial charge in [0.2, 0.25) is 0 Å². The van der Waals surface area contributed by atoms with E-state index >= 15 is 0 Å². The lowest BCUT2D eigenvalue weighted by molar-refractivity contribution is 0.0764. The molecule has 1 aliphatic rings. The fourth-order valence-corrected chi connectivity index (χ4v) is 4.18. The number of piperidine rings is 1.